The number of carbonyl (C=O) groups is 1. The smallest absolute Gasteiger partial charge is 0.305 e. The minimum Gasteiger partial charge on any atom is -0.487 e. The van der Waals surface area contributed by atoms with Crippen molar-refractivity contribution < 1.29 is 14.6 Å². The molecule has 0 saturated heterocycles. The summed E-state index contributed by atoms with van der Waals surface area (Å²) >= 11 is 0. The van der Waals surface area contributed by atoms with E-state index in [0.717, 1.165) is 23.3 Å². The van der Waals surface area contributed by atoms with Crippen LogP contribution in [0.2, 0.25) is 0 Å². The monoisotopic (exact) mass is 249 g/mol. The number of carboxylic acids is 1. The largest absolute Gasteiger partial charge is 0.487 e. The molecule has 2 N–H and O–H groups in total. The Labute approximate surface area is 107 Å². The van der Waals surface area contributed by atoms with E-state index in [1.165, 1.54) is 0 Å². The molecule has 1 heterocycles. The molecule has 18 heavy (non-hydrogen) atoms. The summed E-state index contributed by atoms with van der Waals surface area (Å²) in [5.74, 6) is 0.0345. The average molecular weight is 249 g/mol. The van der Waals surface area contributed by atoms with Gasteiger partial charge in [0.2, 0.25) is 0 Å². The first-order valence-electron chi connectivity index (χ1n) is 6.13. The summed E-state index contributed by atoms with van der Waals surface area (Å²) in [4.78, 5) is 10.9. The molecule has 1 aromatic rings. The van der Waals surface area contributed by atoms with Crippen LogP contribution in [-0.4, -0.2) is 23.7 Å². The lowest BCUT2D eigenvalue weighted by Crippen LogP contribution is -2.25. The van der Waals surface area contributed by atoms with E-state index in [4.69, 9.17) is 9.84 Å². The van der Waals surface area contributed by atoms with E-state index in [2.05, 4.69) is 5.32 Å². The van der Waals surface area contributed by atoms with E-state index in [-0.39, 0.29) is 18.1 Å². The predicted molar refractivity (Wildman–Crippen MR) is 68.9 cm³/mol. The Morgan fingerprint density at radius 2 is 2.28 bits per heavy atom. The number of carboxylic acid groups (broad SMARTS) is 1. The molecule has 4 heteroatoms. The molecular weight excluding hydrogens is 230 g/mol. The van der Waals surface area contributed by atoms with Gasteiger partial charge in [0, 0.05) is 18.0 Å². The molecule has 1 atom stereocenters. The van der Waals surface area contributed by atoms with Crippen LogP contribution in [0.25, 0.3) is 0 Å². The van der Waals surface area contributed by atoms with Gasteiger partial charge in [-0.2, -0.15) is 0 Å². The molecule has 0 aliphatic carbocycles. The number of ether oxygens (including phenoxy) is 1. The standard InChI is InChI=1S/C14H19NO3/c1-14(2)8-9-5-4-6-10(13(9)18-14)11(15-3)7-12(16)17/h4-6,11,15H,7-8H2,1-3H3,(H,16,17). The van der Waals surface area contributed by atoms with Crippen LogP contribution >= 0.6 is 0 Å². The van der Waals surface area contributed by atoms with Crippen LogP contribution in [0.4, 0.5) is 0 Å². The van der Waals surface area contributed by atoms with Crippen molar-refractivity contribution in [2.24, 2.45) is 0 Å². The van der Waals surface area contributed by atoms with Crippen molar-refractivity contribution in [1.29, 1.82) is 0 Å². The topological polar surface area (TPSA) is 58.6 Å². The summed E-state index contributed by atoms with van der Waals surface area (Å²) in [6.45, 7) is 4.09. The number of nitrogens with one attached hydrogen (secondary N) is 1. The highest BCUT2D eigenvalue weighted by Crippen LogP contribution is 2.40. The molecular formula is C14H19NO3. The van der Waals surface area contributed by atoms with Gasteiger partial charge in [0.05, 0.1) is 6.42 Å². The van der Waals surface area contributed by atoms with E-state index < -0.39 is 5.97 Å². The molecule has 0 bridgehead atoms. The predicted octanol–water partition coefficient (Wildman–Crippen LogP) is 2.14. The molecule has 1 aromatic carbocycles. The maximum absolute atomic E-state index is 10.9. The molecule has 4 nitrogen and oxygen atoms in total. The van der Waals surface area contributed by atoms with Gasteiger partial charge < -0.3 is 15.2 Å². The van der Waals surface area contributed by atoms with Crippen molar-refractivity contribution >= 4 is 5.97 Å². The lowest BCUT2D eigenvalue weighted by atomic mass is 9.97. The Balaban J connectivity index is 2.36. The maximum Gasteiger partial charge on any atom is 0.305 e. The van der Waals surface area contributed by atoms with Crippen molar-refractivity contribution in [3.05, 3.63) is 29.3 Å². The van der Waals surface area contributed by atoms with Crippen LogP contribution in [0.3, 0.4) is 0 Å². The average Bonchev–Trinajstić information content (AvgIpc) is 2.59. The van der Waals surface area contributed by atoms with Crippen molar-refractivity contribution in [1.82, 2.24) is 5.32 Å². The summed E-state index contributed by atoms with van der Waals surface area (Å²) in [5.41, 5.74) is 1.88. The van der Waals surface area contributed by atoms with Gasteiger partial charge in [-0.15, -0.1) is 0 Å². The number of hydrogen-bond donors (Lipinski definition) is 2. The van der Waals surface area contributed by atoms with Crippen LogP contribution in [0.1, 0.15) is 37.4 Å². The minimum atomic E-state index is -0.816. The third-order valence-corrected chi connectivity index (χ3v) is 3.22. The molecule has 1 aliphatic rings. The highest BCUT2D eigenvalue weighted by Gasteiger charge is 2.33. The summed E-state index contributed by atoms with van der Waals surface area (Å²) in [7, 11) is 1.77. The molecule has 1 unspecified atom stereocenters. The van der Waals surface area contributed by atoms with Crippen LogP contribution in [0.5, 0.6) is 5.75 Å². The number of para-hydroxylation sites is 1. The Kier molecular flexibility index (Phi) is 3.30. The minimum absolute atomic E-state index is 0.0523. The Morgan fingerprint density at radius 3 is 2.89 bits per heavy atom. The number of hydrogen-bond acceptors (Lipinski definition) is 3. The number of fused-ring (bicyclic) bond motifs is 1. The van der Waals surface area contributed by atoms with Crippen LogP contribution in [0.15, 0.2) is 18.2 Å². The first-order valence-corrected chi connectivity index (χ1v) is 6.13. The molecule has 2 rings (SSSR count). The first-order chi connectivity index (χ1) is 8.43. The van der Waals surface area contributed by atoms with E-state index in [9.17, 15) is 4.79 Å². The van der Waals surface area contributed by atoms with Crippen molar-refractivity contribution in [3.8, 4) is 5.75 Å². The lowest BCUT2D eigenvalue weighted by molar-refractivity contribution is -0.137. The van der Waals surface area contributed by atoms with Gasteiger partial charge in [-0.05, 0) is 26.5 Å². The van der Waals surface area contributed by atoms with Gasteiger partial charge in [0.1, 0.15) is 11.4 Å². The Hall–Kier alpha value is -1.55. The fourth-order valence-electron chi connectivity index (χ4n) is 2.46. The van der Waals surface area contributed by atoms with Crippen LogP contribution in [-0.2, 0) is 11.2 Å². The molecule has 0 amide bonds. The van der Waals surface area contributed by atoms with Crippen molar-refractivity contribution in [2.75, 3.05) is 7.05 Å². The van der Waals surface area contributed by atoms with Gasteiger partial charge >= 0.3 is 5.97 Å². The van der Waals surface area contributed by atoms with Gasteiger partial charge in [-0.25, -0.2) is 0 Å². The SMILES string of the molecule is CNC(CC(=O)O)c1cccc2c1OC(C)(C)C2. The van der Waals surface area contributed by atoms with Crippen molar-refractivity contribution in [2.45, 2.75) is 38.3 Å². The Bertz CT molecular complexity index is 468. The summed E-state index contributed by atoms with van der Waals surface area (Å²) in [5, 5.41) is 12.0. The quantitative estimate of drug-likeness (QED) is 0.858. The highest BCUT2D eigenvalue weighted by molar-refractivity contribution is 5.68. The molecule has 98 valence electrons. The normalized spacial score (nSPS) is 17.9. The second kappa shape index (κ2) is 4.61. The fraction of sp³-hybridized carbons (Fsp3) is 0.500. The zero-order valence-electron chi connectivity index (χ0n) is 11.0. The van der Waals surface area contributed by atoms with Gasteiger partial charge in [-0.1, -0.05) is 18.2 Å². The fourth-order valence-corrected chi connectivity index (χ4v) is 2.46. The number of rotatable bonds is 4. The molecule has 0 fully saturated rings. The van der Waals surface area contributed by atoms with E-state index in [0.29, 0.717) is 0 Å². The van der Waals surface area contributed by atoms with Gasteiger partial charge in [-0.3, -0.25) is 4.79 Å². The third-order valence-electron chi connectivity index (χ3n) is 3.22. The summed E-state index contributed by atoms with van der Waals surface area (Å²) in [6.07, 6.45) is 0.913. The summed E-state index contributed by atoms with van der Waals surface area (Å²) < 4.78 is 5.96. The number of benzene rings is 1. The van der Waals surface area contributed by atoms with E-state index in [1.54, 1.807) is 7.05 Å². The molecule has 1 aliphatic heterocycles. The molecule has 0 aromatic heterocycles. The molecule has 0 spiro atoms. The maximum atomic E-state index is 10.9. The van der Waals surface area contributed by atoms with Gasteiger partial charge in [0.25, 0.3) is 0 Å². The lowest BCUT2D eigenvalue weighted by Gasteiger charge is -2.21. The van der Waals surface area contributed by atoms with E-state index in [1.807, 2.05) is 32.0 Å². The number of aliphatic carboxylic acids is 1. The van der Waals surface area contributed by atoms with Crippen LogP contribution < -0.4 is 10.1 Å². The Morgan fingerprint density at radius 1 is 1.56 bits per heavy atom. The van der Waals surface area contributed by atoms with E-state index >= 15 is 0 Å². The molecule has 0 saturated carbocycles. The highest BCUT2D eigenvalue weighted by atomic mass is 16.5. The third kappa shape index (κ3) is 2.48. The zero-order valence-corrected chi connectivity index (χ0v) is 11.0. The second-order valence-electron chi connectivity index (χ2n) is 5.31. The van der Waals surface area contributed by atoms with Crippen LogP contribution in [0, 0.1) is 0 Å². The zero-order chi connectivity index (χ0) is 13.3. The second-order valence-corrected chi connectivity index (χ2v) is 5.31. The van der Waals surface area contributed by atoms with Gasteiger partial charge in [0.15, 0.2) is 0 Å². The molecule has 0 radical (unpaired) electrons. The summed E-state index contributed by atoms with van der Waals surface area (Å²) in [6, 6.07) is 5.72. The van der Waals surface area contributed by atoms with Crippen molar-refractivity contribution in [3.63, 3.8) is 0 Å². The first kappa shape index (κ1) is 12.9.